The van der Waals surface area contributed by atoms with Crippen LogP contribution in [-0.2, 0) is 4.74 Å². The molecule has 1 aliphatic carbocycles. The van der Waals surface area contributed by atoms with Crippen molar-refractivity contribution in [1.82, 2.24) is 0 Å². The highest BCUT2D eigenvalue weighted by atomic mass is 16.5. The largest absolute Gasteiger partial charge is 0.485 e. The number of hydrogen-bond acceptors (Lipinski definition) is 1. The third kappa shape index (κ3) is 4.62. The van der Waals surface area contributed by atoms with Gasteiger partial charge in [0.05, 0.1) is 5.76 Å². The fraction of sp³-hybridized carbons (Fsp3) is 0.455. The number of terminal acetylenes is 1. The Bertz CT molecular complexity index is 194. The summed E-state index contributed by atoms with van der Waals surface area (Å²) >= 11 is 0. The zero-order chi connectivity index (χ0) is 9.23. The smallest absolute Gasteiger partial charge is 0.148 e. The molecule has 0 saturated heterocycles. The van der Waals surface area contributed by atoms with Crippen molar-refractivity contribution >= 4 is 0 Å². The van der Waals surface area contributed by atoms with Crippen LogP contribution in [-0.4, -0.2) is 6.61 Å². The van der Waals surface area contributed by atoms with E-state index in [4.69, 9.17) is 11.2 Å². The SMILES string of the molecule is C#CCOC1=CC=CCC1.CC. The van der Waals surface area contributed by atoms with Gasteiger partial charge in [0.2, 0.25) is 0 Å². The lowest BCUT2D eigenvalue weighted by Crippen LogP contribution is -1.94. The van der Waals surface area contributed by atoms with Gasteiger partial charge in [-0.15, -0.1) is 6.42 Å². The first-order chi connectivity index (χ1) is 5.93. The van der Waals surface area contributed by atoms with E-state index >= 15 is 0 Å². The molecule has 0 fully saturated rings. The van der Waals surface area contributed by atoms with Crippen molar-refractivity contribution in [2.45, 2.75) is 26.7 Å². The minimum Gasteiger partial charge on any atom is -0.485 e. The molecular weight excluding hydrogens is 148 g/mol. The first-order valence-corrected chi connectivity index (χ1v) is 4.35. The molecule has 0 N–H and O–H groups in total. The highest BCUT2D eigenvalue weighted by Gasteiger charge is 1.97. The van der Waals surface area contributed by atoms with E-state index in [1.807, 2.05) is 26.0 Å². The predicted octanol–water partition coefficient (Wildman–Crippen LogP) is 2.90. The standard InChI is InChI=1S/C9H10O.C2H6/c1-2-8-10-9-6-4-3-5-7-9;1-2/h1,3-4,6H,5,7-8H2;1-2H3. The molecule has 0 saturated carbocycles. The monoisotopic (exact) mass is 164 g/mol. The fourth-order valence-electron chi connectivity index (χ4n) is 0.835. The van der Waals surface area contributed by atoms with Gasteiger partial charge >= 0.3 is 0 Å². The lowest BCUT2D eigenvalue weighted by Gasteiger charge is -2.07. The molecule has 0 radical (unpaired) electrons. The second-order valence-electron chi connectivity index (χ2n) is 2.09. The normalized spacial score (nSPS) is 13.6. The Balaban J connectivity index is 0.000000561. The molecule has 0 amide bonds. The number of rotatable bonds is 2. The van der Waals surface area contributed by atoms with Gasteiger partial charge in [-0.05, 0) is 12.5 Å². The molecule has 0 atom stereocenters. The van der Waals surface area contributed by atoms with Crippen LogP contribution in [0.5, 0.6) is 0 Å². The van der Waals surface area contributed by atoms with Crippen LogP contribution in [0.25, 0.3) is 0 Å². The first kappa shape index (κ1) is 10.8. The summed E-state index contributed by atoms with van der Waals surface area (Å²) in [5.74, 6) is 3.43. The van der Waals surface area contributed by atoms with Crippen molar-refractivity contribution in [2.24, 2.45) is 0 Å². The summed E-state index contributed by atoms with van der Waals surface area (Å²) in [6.07, 6.45) is 13.1. The first-order valence-electron chi connectivity index (χ1n) is 4.35. The van der Waals surface area contributed by atoms with Crippen LogP contribution in [0, 0.1) is 12.3 Å². The van der Waals surface area contributed by atoms with E-state index < -0.39 is 0 Å². The highest BCUT2D eigenvalue weighted by Crippen LogP contribution is 2.11. The predicted molar refractivity (Wildman–Crippen MR) is 52.6 cm³/mol. The molecule has 0 unspecified atom stereocenters. The molecule has 66 valence electrons. The maximum atomic E-state index is 5.21. The summed E-state index contributed by atoms with van der Waals surface area (Å²) in [5.41, 5.74) is 0. The lowest BCUT2D eigenvalue weighted by atomic mass is 10.2. The number of hydrogen-bond donors (Lipinski definition) is 0. The third-order valence-electron chi connectivity index (χ3n) is 1.32. The molecule has 0 heterocycles. The maximum absolute atomic E-state index is 5.21. The van der Waals surface area contributed by atoms with Crippen LogP contribution in [0.15, 0.2) is 24.0 Å². The quantitative estimate of drug-likeness (QED) is 0.570. The van der Waals surface area contributed by atoms with Crippen molar-refractivity contribution in [1.29, 1.82) is 0 Å². The Morgan fingerprint density at radius 2 is 2.33 bits per heavy atom. The molecule has 0 aliphatic heterocycles. The van der Waals surface area contributed by atoms with Crippen LogP contribution in [0.4, 0.5) is 0 Å². The van der Waals surface area contributed by atoms with E-state index in [1.165, 1.54) is 0 Å². The highest BCUT2D eigenvalue weighted by molar-refractivity contribution is 5.13. The Labute approximate surface area is 75.1 Å². The molecule has 1 heteroatoms. The molecule has 1 aliphatic rings. The van der Waals surface area contributed by atoms with Gasteiger partial charge in [-0.1, -0.05) is 31.9 Å². The summed E-state index contributed by atoms with van der Waals surface area (Å²) in [7, 11) is 0. The van der Waals surface area contributed by atoms with Gasteiger partial charge in [0.25, 0.3) is 0 Å². The summed E-state index contributed by atoms with van der Waals surface area (Å²) in [5, 5.41) is 0. The molecule has 12 heavy (non-hydrogen) atoms. The zero-order valence-electron chi connectivity index (χ0n) is 7.84. The molecule has 0 aromatic rings. The van der Waals surface area contributed by atoms with Crippen LogP contribution >= 0.6 is 0 Å². The molecule has 1 rings (SSSR count). The average Bonchev–Trinajstić information content (AvgIpc) is 2.19. The van der Waals surface area contributed by atoms with E-state index in [9.17, 15) is 0 Å². The van der Waals surface area contributed by atoms with Crippen LogP contribution in [0.1, 0.15) is 26.7 Å². The van der Waals surface area contributed by atoms with Gasteiger partial charge < -0.3 is 4.74 Å². The van der Waals surface area contributed by atoms with E-state index in [1.54, 1.807) is 0 Å². The summed E-state index contributed by atoms with van der Waals surface area (Å²) < 4.78 is 5.21. The summed E-state index contributed by atoms with van der Waals surface area (Å²) in [4.78, 5) is 0. The van der Waals surface area contributed by atoms with Crippen molar-refractivity contribution in [2.75, 3.05) is 6.61 Å². The molecule has 0 aromatic carbocycles. The van der Waals surface area contributed by atoms with Crippen molar-refractivity contribution in [3.63, 3.8) is 0 Å². The lowest BCUT2D eigenvalue weighted by molar-refractivity contribution is 0.241. The van der Waals surface area contributed by atoms with Gasteiger partial charge in [0.15, 0.2) is 0 Å². The molecule has 0 aromatic heterocycles. The van der Waals surface area contributed by atoms with Crippen molar-refractivity contribution in [3.05, 3.63) is 24.0 Å². The minimum absolute atomic E-state index is 0.389. The molecular formula is C11H16O. The third-order valence-corrected chi connectivity index (χ3v) is 1.32. The van der Waals surface area contributed by atoms with Crippen molar-refractivity contribution < 1.29 is 4.74 Å². The summed E-state index contributed by atoms with van der Waals surface area (Å²) in [6.45, 7) is 4.39. The molecule has 0 spiro atoms. The minimum atomic E-state index is 0.389. The van der Waals surface area contributed by atoms with Crippen LogP contribution < -0.4 is 0 Å². The second kappa shape index (κ2) is 7.94. The molecule has 1 nitrogen and oxygen atoms in total. The summed E-state index contributed by atoms with van der Waals surface area (Å²) in [6, 6.07) is 0. The van der Waals surface area contributed by atoms with E-state index in [2.05, 4.69) is 12.0 Å². The van der Waals surface area contributed by atoms with Gasteiger partial charge in [-0.3, -0.25) is 0 Å². The number of allylic oxidation sites excluding steroid dienone is 4. The van der Waals surface area contributed by atoms with Gasteiger partial charge in [0, 0.05) is 6.42 Å². The Morgan fingerprint density at radius 3 is 2.83 bits per heavy atom. The maximum Gasteiger partial charge on any atom is 0.148 e. The van der Waals surface area contributed by atoms with E-state index in [-0.39, 0.29) is 0 Å². The fourth-order valence-corrected chi connectivity index (χ4v) is 0.835. The topological polar surface area (TPSA) is 9.23 Å². The van der Waals surface area contributed by atoms with Crippen molar-refractivity contribution in [3.8, 4) is 12.3 Å². The molecule has 0 bridgehead atoms. The van der Waals surface area contributed by atoms with Crippen LogP contribution in [0.3, 0.4) is 0 Å². The number of ether oxygens (including phenoxy) is 1. The van der Waals surface area contributed by atoms with E-state index in [0.717, 1.165) is 18.6 Å². The van der Waals surface area contributed by atoms with Crippen LogP contribution in [0.2, 0.25) is 0 Å². The zero-order valence-corrected chi connectivity index (χ0v) is 7.84. The van der Waals surface area contributed by atoms with Gasteiger partial charge in [-0.25, -0.2) is 0 Å². The second-order valence-corrected chi connectivity index (χ2v) is 2.09. The van der Waals surface area contributed by atoms with Gasteiger partial charge in [0.1, 0.15) is 6.61 Å². The van der Waals surface area contributed by atoms with Gasteiger partial charge in [-0.2, -0.15) is 0 Å². The van der Waals surface area contributed by atoms with E-state index in [0.29, 0.717) is 6.61 Å². The average molecular weight is 164 g/mol. The Kier molecular flexibility index (Phi) is 7.17. The Hall–Kier alpha value is -1.16. The Morgan fingerprint density at radius 1 is 1.58 bits per heavy atom.